The molecular weight excluding hydrogens is 990 g/mol. The number of rotatable bonds is 9. The Kier molecular flexibility index (Phi) is 11.5. The molecule has 0 radical (unpaired) electrons. The van der Waals surface area contributed by atoms with Gasteiger partial charge in [0.25, 0.3) is 13.4 Å². The molecule has 0 bridgehead atoms. The molecule has 1 unspecified atom stereocenters. The fourth-order valence-electron chi connectivity index (χ4n) is 14.3. The number of anilines is 11. The van der Waals surface area contributed by atoms with Gasteiger partial charge in [0.2, 0.25) is 0 Å². The second-order valence-corrected chi connectivity index (χ2v) is 24.5. The van der Waals surface area contributed by atoms with Crippen LogP contribution >= 0.6 is 0 Å². The van der Waals surface area contributed by atoms with E-state index in [0.717, 1.165) is 57.6 Å². The van der Waals surface area contributed by atoms with Gasteiger partial charge in [-0.25, -0.2) is 0 Å². The van der Waals surface area contributed by atoms with Crippen LogP contribution in [-0.2, 0) is 0 Å². The van der Waals surface area contributed by atoms with Gasteiger partial charge in [-0.05, 0) is 209 Å². The maximum absolute atomic E-state index is 2.77. The molecule has 4 nitrogen and oxygen atoms in total. The minimum absolute atomic E-state index is 0.135. The summed E-state index contributed by atoms with van der Waals surface area (Å²) in [5, 5.41) is 0. The molecule has 0 aromatic heterocycles. The highest BCUT2D eigenvalue weighted by Crippen LogP contribution is 2.57. The van der Waals surface area contributed by atoms with E-state index in [1.54, 1.807) is 0 Å². The van der Waals surface area contributed by atoms with Gasteiger partial charge in [0, 0.05) is 51.2 Å². The lowest BCUT2D eigenvalue weighted by Gasteiger charge is -2.49. The summed E-state index contributed by atoms with van der Waals surface area (Å²) in [4.78, 5) is 10.7. The number of allylic oxidation sites excluding steroid dienone is 3. The standard InChI is InChI=1S/C76H66B2N4/c1-45-11-25-55(26-12-45)79(56-27-13-46(2)14-28-56)74-71-73-72(75(80(57-29-15-47(3)16-30-57)58-31-17-48(4)18-32-58)76(74)81(59-33-19-49(5)20-34-59)60-35-21-50(6)22-36-60)78-66-38-24-52(8)40-62(66)64-42-54(10)44-68(70(64)78)82(73)67-43-53(9)41-63-61-39-51(7)23-37-65(61)77(71)69(63)67/h11-17,19-44,48H,18H2,1-10H3. The molecule has 0 spiro atoms. The van der Waals surface area contributed by atoms with Gasteiger partial charge in [0.1, 0.15) is 0 Å². The number of hydrogen-bond acceptors (Lipinski definition) is 4. The summed E-state index contributed by atoms with van der Waals surface area (Å²) >= 11 is 0. The quantitative estimate of drug-likeness (QED) is 0.134. The van der Waals surface area contributed by atoms with E-state index < -0.39 is 0 Å². The van der Waals surface area contributed by atoms with Crippen LogP contribution in [0.2, 0.25) is 0 Å². The molecule has 4 heterocycles. The largest absolute Gasteiger partial charge is 0.312 e. The third kappa shape index (κ3) is 7.67. The molecule has 0 saturated heterocycles. The molecule has 1 atom stereocenters. The van der Waals surface area contributed by atoms with Gasteiger partial charge in [-0.1, -0.05) is 178 Å². The highest BCUT2D eigenvalue weighted by molar-refractivity contribution is 7.06. The molecule has 0 fully saturated rings. The smallest absolute Gasteiger partial charge is 0.251 e. The van der Waals surface area contributed by atoms with E-state index in [1.807, 2.05) is 0 Å². The molecule has 10 aromatic rings. The van der Waals surface area contributed by atoms with Crippen LogP contribution in [0, 0.1) is 68.2 Å². The van der Waals surface area contributed by atoms with Crippen LogP contribution in [0.4, 0.5) is 62.6 Å². The van der Waals surface area contributed by atoms with Crippen molar-refractivity contribution in [2.24, 2.45) is 5.92 Å². The molecule has 15 rings (SSSR count). The lowest BCUT2D eigenvalue weighted by Crippen LogP contribution is -2.64. The lowest BCUT2D eigenvalue weighted by atomic mass is 9.31. The molecule has 396 valence electrons. The summed E-state index contributed by atoms with van der Waals surface area (Å²) in [5.74, 6) is 0.397. The first-order valence-corrected chi connectivity index (χ1v) is 29.4. The third-order valence-electron chi connectivity index (χ3n) is 18.2. The Labute approximate surface area is 485 Å². The second-order valence-electron chi connectivity index (χ2n) is 24.5. The average Bonchev–Trinajstić information content (AvgIpc) is 1.35. The summed E-state index contributed by atoms with van der Waals surface area (Å²) in [6.45, 7) is 22.2. The van der Waals surface area contributed by atoms with Gasteiger partial charge in [0.05, 0.1) is 17.1 Å². The van der Waals surface area contributed by atoms with Crippen molar-refractivity contribution < 1.29 is 0 Å². The number of nitrogens with zero attached hydrogens (tertiary/aromatic N) is 4. The molecular formula is C76H66B2N4. The molecule has 6 heteroatoms. The van der Waals surface area contributed by atoms with Crippen molar-refractivity contribution in [2.75, 3.05) is 19.6 Å². The van der Waals surface area contributed by atoms with Gasteiger partial charge >= 0.3 is 0 Å². The van der Waals surface area contributed by atoms with Crippen molar-refractivity contribution in [3.05, 3.63) is 256 Å². The van der Waals surface area contributed by atoms with E-state index in [0.29, 0.717) is 5.92 Å². The average molecular weight is 1060 g/mol. The lowest BCUT2D eigenvalue weighted by molar-refractivity contribution is 0.728. The number of fused-ring (bicyclic) bond motifs is 10. The molecule has 10 aromatic carbocycles. The Hall–Kier alpha value is -8.99. The maximum Gasteiger partial charge on any atom is 0.251 e. The van der Waals surface area contributed by atoms with Crippen LogP contribution < -0.4 is 52.4 Å². The zero-order chi connectivity index (χ0) is 56.0. The van der Waals surface area contributed by atoms with Crippen molar-refractivity contribution >= 4 is 109 Å². The van der Waals surface area contributed by atoms with Crippen LogP contribution in [0.15, 0.2) is 206 Å². The first-order chi connectivity index (χ1) is 39.8. The Morgan fingerprint density at radius 1 is 0.354 bits per heavy atom. The summed E-state index contributed by atoms with van der Waals surface area (Å²) in [6.07, 6.45) is 8.28. The third-order valence-corrected chi connectivity index (χ3v) is 18.2. The normalized spacial score (nSPS) is 14.5. The predicted octanol–water partition coefficient (Wildman–Crippen LogP) is 16.1. The van der Waals surface area contributed by atoms with E-state index >= 15 is 0 Å². The Bertz CT molecular complexity index is 4260. The Morgan fingerprint density at radius 2 is 0.695 bits per heavy atom. The SMILES string of the molecule is Cc1ccc(N(C2=CCC(C)C=C2)c2c3c4c(c(N(c5ccc(C)cc5)c5ccc(C)cc5)c2N(c2ccc(C)cc2)c2ccc(C)cc2)B2c5ccc(C)cc5-c5cc(C)cc(c52)N4c2cc(C)cc4c2B3c2ccc(C)cc2-4)cc1. The number of benzene rings is 10. The minimum atomic E-state index is -0.141. The zero-order valence-electron chi connectivity index (χ0n) is 48.8. The fraction of sp³-hybridized carbons (Fsp3) is 0.158. The van der Waals surface area contributed by atoms with Crippen LogP contribution in [0.3, 0.4) is 0 Å². The highest BCUT2D eigenvalue weighted by atomic mass is 15.3. The molecule has 0 amide bonds. The van der Waals surface area contributed by atoms with Gasteiger partial charge in [0.15, 0.2) is 0 Å². The summed E-state index contributed by atoms with van der Waals surface area (Å²) in [7, 11) is 0. The summed E-state index contributed by atoms with van der Waals surface area (Å²) in [6, 6.07) is 71.1. The second kappa shape index (κ2) is 18.8. The highest BCUT2D eigenvalue weighted by Gasteiger charge is 2.54. The molecule has 1 aliphatic carbocycles. The topological polar surface area (TPSA) is 13.0 Å². The number of hydrogen-bond donors (Lipinski definition) is 0. The van der Waals surface area contributed by atoms with Gasteiger partial charge in [-0.2, -0.15) is 0 Å². The zero-order valence-corrected chi connectivity index (χ0v) is 48.8. The van der Waals surface area contributed by atoms with E-state index in [4.69, 9.17) is 0 Å². The van der Waals surface area contributed by atoms with Crippen molar-refractivity contribution in [3.8, 4) is 22.3 Å². The van der Waals surface area contributed by atoms with E-state index in [9.17, 15) is 0 Å². The minimum Gasteiger partial charge on any atom is -0.312 e. The Balaban J connectivity index is 1.26. The van der Waals surface area contributed by atoms with Gasteiger partial charge in [-0.3, -0.25) is 0 Å². The van der Waals surface area contributed by atoms with Crippen LogP contribution in [0.25, 0.3) is 22.3 Å². The van der Waals surface area contributed by atoms with E-state index in [1.165, 1.54) is 122 Å². The fourth-order valence-corrected chi connectivity index (χ4v) is 14.3. The maximum atomic E-state index is 2.77. The van der Waals surface area contributed by atoms with Crippen LogP contribution in [0.1, 0.15) is 63.4 Å². The van der Waals surface area contributed by atoms with Crippen LogP contribution in [-0.4, -0.2) is 13.4 Å². The molecule has 82 heavy (non-hydrogen) atoms. The van der Waals surface area contributed by atoms with Crippen LogP contribution in [0.5, 0.6) is 0 Å². The van der Waals surface area contributed by atoms with Crippen molar-refractivity contribution in [1.29, 1.82) is 0 Å². The first-order valence-electron chi connectivity index (χ1n) is 29.4. The Morgan fingerprint density at radius 3 is 1.07 bits per heavy atom. The molecule has 5 aliphatic rings. The first kappa shape index (κ1) is 50.0. The molecule has 0 saturated carbocycles. The summed E-state index contributed by atoms with van der Waals surface area (Å²) in [5.41, 5.74) is 38.4. The molecule has 4 aliphatic heterocycles. The number of aryl methyl sites for hydroxylation is 9. The van der Waals surface area contributed by atoms with E-state index in [2.05, 4.69) is 289 Å². The van der Waals surface area contributed by atoms with Gasteiger partial charge < -0.3 is 19.6 Å². The van der Waals surface area contributed by atoms with Gasteiger partial charge in [-0.15, -0.1) is 0 Å². The molecule has 0 N–H and O–H groups in total. The monoisotopic (exact) mass is 1060 g/mol. The predicted molar refractivity (Wildman–Crippen MR) is 353 cm³/mol. The van der Waals surface area contributed by atoms with E-state index in [-0.39, 0.29) is 13.4 Å². The van der Waals surface area contributed by atoms with Crippen molar-refractivity contribution in [2.45, 2.75) is 75.7 Å². The van der Waals surface area contributed by atoms with Crippen molar-refractivity contribution in [1.82, 2.24) is 0 Å². The van der Waals surface area contributed by atoms with Crippen molar-refractivity contribution in [3.63, 3.8) is 0 Å². The summed E-state index contributed by atoms with van der Waals surface area (Å²) < 4.78 is 0.